The quantitative estimate of drug-likeness (QED) is 0.0698. The van der Waals surface area contributed by atoms with Crippen LogP contribution in [-0.4, -0.2) is 59.9 Å². The molecular formula is C26H35KNO8S2-. The predicted molar refractivity (Wildman–Crippen MR) is 145 cm³/mol. The third-order valence-electron chi connectivity index (χ3n) is 4.57. The molecule has 12 heteroatoms. The number of esters is 1. The van der Waals surface area contributed by atoms with Crippen molar-refractivity contribution in [3.8, 4) is 0 Å². The molecule has 1 rings (SSSR count). The Kier molecular flexibility index (Phi) is 29.8. The van der Waals surface area contributed by atoms with Gasteiger partial charge >= 0.3 is 57.4 Å². The van der Waals surface area contributed by atoms with Crippen molar-refractivity contribution in [1.82, 2.24) is 0 Å². The minimum Gasteiger partial charge on any atom is -0.543 e. The first-order chi connectivity index (χ1) is 17.6. The molecule has 0 fully saturated rings. The molecule has 1 aromatic carbocycles. The topological polar surface area (TPSA) is 155 Å². The Labute approximate surface area is 275 Å². The van der Waals surface area contributed by atoms with E-state index in [1.165, 1.54) is 30.9 Å². The molecule has 9 nitrogen and oxygen atoms in total. The van der Waals surface area contributed by atoms with Gasteiger partial charge in [-0.25, -0.2) is 0 Å². The summed E-state index contributed by atoms with van der Waals surface area (Å²) in [6.45, 7) is 4.09. The minimum atomic E-state index is -0.920. The van der Waals surface area contributed by atoms with Gasteiger partial charge in [0.05, 0.1) is 0 Å². The van der Waals surface area contributed by atoms with Gasteiger partial charge in [-0.3, -0.25) is 30.3 Å². The van der Waals surface area contributed by atoms with Crippen molar-refractivity contribution in [2.45, 2.75) is 71.0 Å². The van der Waals surface area contributed by atoms with Crippen molar-refractivity contribution < 1.29 is 89.7 Å². The van der Waals surface area contributed by atoms with Gasteiger partial charge < -0.3 is 20.1 Å². The first-order valence-corrected chi connectivity index (χ1v) is 14.1. The Balaban J connectivity index is -0.00000159. The van der Waals surface area contributed by atoms with Crippen LogP contribution in [0.25, 0.3) is 0 Å². The number of carbonyl (C=O) groups is 5. The Morgan fingerprint density at radius 2 is 1.45 bits per heavy atom. The van der Waals surface area contributed by atoms with Crippen LogP contribution in [0, 0.1) is 0 Å². The molecule has 0 spiro atoms. The smallest absolute Gasteiger partial charge is 0.543 e. The molecule has 38 heavy (non-hydrogen) atoms. The fraction of sp³-hybridized carbons (Fsp3) is 0.500. The molecule has 0 saturated heterocycles. The van der Waals surface area contributed by atoms with Crippen LogP contribution < -0.4 is 57.1 Å². The van der Waals surface area contributed by atoms with E-state index in [1.807, 2.05) is 31.2 Å². The summed E-state index contributed by atoms with van der Waals surface area (Å²) in [5.74, 6) is -0.923. The summed E-state index contributed by atoms with van der Waals surface area (Å²) in [7, 11) is 2.40. The maximum absolute atomic E-state index is 12.1. The molecule has 2 N–H and O–H groups in total. The van der Waals surface area contributed by atoms with Crippen LogP contribution in [0.2, 0.25) is 0 Å². The molecule has 0 aliphatic carbocycles. The summed E-state index contributed by atoms with van der Waals surface area (Å²) in [5, 5.41) is -0.920. The number of rotatable bonds is 16. The van der Waals surface area contributed by atoms with Crippen molar-refractivity contribution in [3.63, 3.8) is 0 Å². The number of primary amides is 1. The van der Waals surface area contributed by atoms with Gasteiger partial charge in [0.15, 0.2) is 16.8 Å². The zero-order valence-corrected chi connectivity index (χ0v) is 27.5. The third kappa shape index (κ3) is 22.8. The summed E-state index contributed by atoms with van der Waals surface area (Å²) in [5.41, 5.74) is 5.83. The second-order valence-electron chi connectivity index (χ2n) is 7.50. The Bertz CT molecular complexity index is 873. The second kappa shape index (κ2) is 27.4. The number of amides is 1. The van der Waals surface area contributed by atoms with Crippen molar-refractivity contribution in [2.75, 3.05) is 12.9 Å². The van der Waals surface area contributed by atoms with E-state index in [1.54, 1.807) is 6.26 Å². The molecule has 1 amide bonds. The van der Waals surface area contributed by atoms with Crippen molar-refractivity contribution in [1.29, 1.82) is 0 Å². The number of ketones is 4. The summed E-state index contributed by atoms with van der Waals surface area (Å²) in [6, 6.07) is 7.40. The Hall–Kier alpha value is -1.15. The molecule has 0 bridgehead atoms. The number of carbonyl (C=O) groups excluding carboxylic acids is 7. The van der Waals surface area contributed by atoms with Crippen LogP contribution in [-0.2, 0) is 51.1 Å². The van der Waals surface area contributed by atoms with E-state index in [4.69, 9.17) is 14.3 Å². The first kappa shape index (κ1) is 41.3. The number of hydrogen-bond acceptors (Lipinski definition) is 10. The van der Waals surface area contributed by atoms with E-state index < -0.39 is 11.2 Å². The standard InChI is InChI=1S/C23H30O6S2.C2H3O.CH2NO.K/c1-4-19(25)6-5-7-20(26)13-12-17-8-10-18(11-9-17)14-21(27)15-29-23(28)22(16(2)24)31-30-3;1-2-3;2-1-3;/h8-11,22H,4-7,12-15H2,1-3H3;1H3;(H2,2,3);/q;2*-1;+1. The predicted octanol–water partition coefficient (Wildman–Crippen LogP) is 0.0936. The van der Waals surface area contributed by atoms with Gasteiger partial charge in [-0.2, -0.15) is 13.3 Å². The van der Waals surface area contributed by atoms with Crippen LogP contribution in [0.5, 0.6) is 0 Å². The van der Waals surface area contributed by atoms with Crippen LogP contribution in [0.4, 0.5) is 0 Å². The van der Waals surface area contributed by atoms with Gasteiger partial charge in [0, 0.05) is 32.1 Å². The zero-order valence-electron chi connectivity index (χ0n) is 22.7. The number of ether oxygens (including phenoxy) is 1. The van der Waals surface area contributed by atoms with Gasteiger partial charge in [-0.15, -0.1) is 0 Å². The zero-order chi connectivity index (χ0) is 28.6. The van der Waals surface area contributed by atoms with Crippen LogP contribution in [0.1, 0.15) is 64.0 Å². The number of aryl methyl sites for hydroxylation is 1. The molecule has 0 aliphatic heterocycles. The van der Waals surface area contributed by atoms with E-state index >= 15 is 0 Å². The fourth-order valence-electron chi connectivity index (χ4n) is 2.77. The van der Waals surface area contributed by atoms with Crippen molar-refractivity contribution in [2.24, 2.45) is 5.73 Å². The average Bonchev–Trinajstić information content (AvgIpc) is 2.86. The molecule has 0 heterocycles. The SMILES string of the molecule is CCC(=O)CCCC(=O)CCc1ccc(CC(=O)COC(=O)C(SSC)C(C)=O)cc1.C[C-]=O.N[C-]=O.[K+]. The third-order valence-corrected chi connectivity index (χ3v) is 6.64. The van der Waals surface area contributed by atoms with E-state index in [0.717, 1.165) is 28.3 Å². The monoisotopic (exact) mass is 592 g/mol. The van der Waals surface area contributed by atoms with Crippen molar-refractivity contribution in [3.05, 3.63) is 35.4 Å². The van der Waals surface area contributed by atoms with Crippen LogP contribution >= 0.6 is 21.6 Å². The number of benzene rings is 1. The fourth-order valence-corrected chi connectivity index (χ4v) is 4.46. The number of Topliss-reactive ketones (excluding diaryl/α,β-unsaturated/α-hetero) is 4. The molecule has 206 valence electrons. The second-order valence-corrected chi connectivity index (χ2v) is 10.1. The maximum atomic E-state index is 12.1. The first-order valence-electron chi connectivity index (χ1n) is 11.5. The average molecular weight is 593 g/mol. The summed E-state index contributed by atoms with van der Waals surface area (Å²) < 4.78 is 4.99. The van der Waals surface area contributed by atoms with Gasteiger partial charge in [-0.05, 0) is 37.1 Å². The minimum absolute atomic E-state index is 0. The molecule has 1 unspecified atom stereocenters. The Morgan fingerprint density at radius 3 is 1.92 bits per heavy atom. The van der Waals surface area contributed by atoms with Crippen molar-refractivity contribution >= 4 is 63.4 Å². The van der Waals surface area contributed by atoms with E-state index in [9.17, 15) is 24.0 Å². The number of nitrogens with two attached hydrogens (primary N) is 1. The van der Waals surface area contributed by atoms with Crippen LogP contribution in [0.3, 0.4) is 0 Å². The number of hydrogen-bond donors (Lipinski definition) is 1. The van der Waals surface area contributed by atoms with Crippen LogP contribution in [0.15, 0.2) is 24.3 Å². The molecule has 0 aromatic heterocycles. The molecular weight excluding hydrogens is 558 g/mol. The summed E-state index contributed by atoms with van der Waals surface area (Å²) in [6.07, 6.45) is 7.45. The molecule has 1 aromatic rings. The van der Waals surface area contributed by atoms with Gasteiger partial charge in [-0.1, -0.05) is 52.8 Å². The van der Waals surface area contributed by atoms with Gasteiger partial charge in [0.1, 0.15) is 18.2 Å². The van der Waals surface area contributed by atoms with E-state index in [0.29, 0.717) is 38.5 Å². The van der Waals surface area contributed by atoms with E-state index in [2.05, 4.69) is 5.73 Å². The molecule has 0 aliphatic rings. The molecule has 0 radical (unpaired) electrons. The largest absolute Gasteiger partial charge is 1.00 e. The molecule has 1 atom stereocenters. The Morgan fingerprint density at radius 1 is 0.947 bits per heavy atom. The van der Waals surface area contributed by atoms with E-state index in [-0.39, 0.29) is 87.5 Å². The summed E-state index contributed by atoms with van der Waals surface area (Å²) in [4.78, 5) is 75.9. The molecule has 0 saturated carbocycles. The normalized spacial score (nSPS) is 10.1. The van der Waals surface area contributed by atoms with Gasteiger partial charge in [0.2, 0.25) is 0 Å². The van der Waals surface area contributed by atoms with Gasteiger partial charge in [0.25, 0.3) is 0 Å². The maximum Gasteiger partial charge on any atom is 1.00 e. The summed E-state index contributed by atoms with van der Waals surface area (Å²) >= 11 is 0.